The number of aromatic nitrogens is 1. The number of rotatable bonds is 8. The molecule has 1 amide bonds. The van der Waals surface area contributed by atoms with Crippen molar-refractivity contribution in [2.45, 2.75) is 49.7 Å². The smallest absolute Gasteiger partial charge is 0.260 e. The first kappa shape index (κ1) is 26.5. The lowest BCUT2D eigenvalue weighted by molar-refractivity contribution is 0.0917. The number of aryl methyl sites for hydroxylation is 1. The van der Waals surface area contributed by atoms with Crippen LogP contribution in [0.2, 0.25) is 5.02 Å². The molecule has 1 aromatic heterocycles. The van der Waals surface area contributed by atoms with Gasteiger partial charge in [0.25, 0.3) is 5.91 Å². The van der Waals surface area contributed by atoms with Crippen molar-refractivity contribution in [2.75, 3.05) is 38.3 Å². The maximum atomic E-state index is 13.7. The van der Waals surface area contributed by atoms with Gasteiger partial charge in [-0.05, 0) is 74.6 Å². The van der Waals surface area contributed by atoms with E-state index in [1.165, 1.54) is 27.8 Å². The van der Waals surface area contributed by atoms with E-state index in [9.17, 15) is 13.2 Å². The first-order valence-corrected chi connectivity index (χ1v) is 15.0. The maximum absolute atomic E-state index is 13.7. The van der Waals surface area contributed by atoms with Crippen LogP contribution in [0.15, 0.2) is 41.3 Å². The molecular formula is C26H30ClN3O5S2. The summed E-state index contributed by atoms with van der Waals surface area (Å²) in [6, 6.07) is 9.81. The lowest BCUT2D eigenvalue weighted by atomic mass is 10.2. The van der Waals surface area contributed by atoms with Crippen LogP contribution in [0, 0.1) is 6.92 Å². The Morgan fingerprint density at radius 3 is 2.35 bits per heavy atom. The maximum Gasteiger partial charge on any atom is 0.260 e. The van der Waals surface area contributed by atoms with Crippen LogP contribution >= 0.6 is 22.9 Å². The third kappa shape index (κ3) is 5.69. The number of carbonyl (C=O) groups is 1. The molecule has 0 spiro atoms. The van der Waals surface area contributed by atoms with E-state index in [0.29, 0.717) is 42.0 Å². The molecule has 5 rings (SSSR count). The lowest BCUT2D eigenvalue weighted by Crippen LogP contribution is -2.37. The average Bonchev–Trinajstić information content (AvgIpc) is 3.64. The summed E-state index contributed by atoms with van der Waals surface area (Å²) in [5.41, 5.74) is 2.13. The molecule has 2 aromatic carbocycles. The molecular weight excluding hydrogens is 534 g/mol. The van der Waals surface area contributed by atoms with Crippen LogP contribution in [0.25, 0.3) is 10.2 Å². The molecule has 37 heavy (non-hydrogen) atoms. The van der Waals surface area contributed by atoms with E-state index in [4.69, 9.17) is 26.1 Å². The van der Waals surface area contributed by atoms with Gasteiger partial charge in [-0.15, -0.1) is 0 Å². The van der Waals surface area contributed by atoms with Crippen molar-refractivity contribution in [1.82, 2.24) is 9.29 Å². The van der Waals surface area contributed by atoms with Gasteiger partial charge < -0.3 is 9.47 Å². The number of halogens is 1. The highest BCUT2D eigenvalue weighted by Gasteiger charge is 2.29. The lowest BCUT2D eigenvalue weighted by Gasteiger charge is -2.23. The number of hydrogen-bond donors (Lipinski definition) is 0. The summed E-state index contributed by atoms with van der Waals surface area (Å²) >= 11 is 7.65. The Morgan fingerprint density at radius 2 is 1.73 bits per heavy atom. The molecule has 3 aromatic rings. The standard InChI is InChI=1S/C26H30ClN3O5S2/c1-17-13-19(27)14-23-24(17)28-26(36-23)30(16-21-6-4-12-35-21)25(31)18-7-9-22(10-8-18)37(32,33)29(2)15-20-5-3-11-34-20/h7-10,13-14,20-21H,3-6,11-12,15-16H2,1-2H3. The molecule has 0 radical (unpaired) electrons. The summed E-state index contributed by atoms with van der Waals surface area (Å²) in [7, 11) is -2.14. The topological polar surface area (TPSA) is 89.0 Å². The molecule has 2 atom stereocenters. The normalized spacial score (nSPS) is 20.2. The van der Waals surface area contributed by atoms with Gasteiger partial charge in [-0.2, -0.15) is 4.31 Å². The highest BCUT2D eigenvalue weighted by Crippen LogP contribution is 2.34. The fourth-order valence-electron chi connectivity index (χ4n) is 4.78. The molecule has 198 valence electrons. The van der Waals surface area contributed by atoms with Crippen molar-refractivity contribution in [3.63, 3.8) is 0 Å². The number of sulfonamides is 1. The molecule has 3 heterocycles. The van der Waals surface area contributed by atoms with Crippen LogP contribution < -0.4 is 4.90 Å². The third-order valence-electron chi connectivity index (χ3n) is 6.82. The molecule has 2 unspecified atom stereocenters. The summed E-state index contributed by atoms with van der Waals surface area (Å²) in [4.78, 5) is 20.3. The number of ether oxygens (including phenoxy) is 2. The SMILES string of the molecule is Cc1cc(Cl)cc2sc(N(CC3CCCO3)C(=O)c3ccc(S(=O)(=O)N(C)CC4CCCO4)cc3)nc12. The molecule has 2 saturated heterocycles. The molecule has 0 N–H and O–H groups in total. The Kier molecular flexibility index (Phi) is 7.86. The third-order valence-corrected chi connectivity index (χ3v) is 9.90. The van der Waals surface area contributed by atoms with Crippen molar-refractivity contribution in [3.8, 4) is 0 Å². The van der Waals surface area contributed by atoms with Crippen molar-refractivity contribution < 1.29 is 22.7 Å². The number of nitrogens with zero attached hydrogens (tertiary/aromatic N) is 3. The van der Waals surface area contributed by atoms with E-state index < -0.39 is 10.0 Å². The van der Waals surface area contributed by atoms with Crippen LogP contribution in [0.4, 0.5) is 5.13 Å². The molecule has 2 aliphatic heterocycles. The highest BCUT2D eigenvalue weighted by molar-refractivity contribution is 7.89. The summed E-state index contributed by atoms with van der Waals surface area (Å²) < 4.78 is 39.8. The Morgan fingerprint density at radius 1 is 1.08 bits per heavy atom. The molecule has 0 saturated carbocycles. The van der Waals surface area contributed by atoms with Crippen LogP contribution in [0.5, 0.6) is 0 Å². The number of thiazole rings is 1. The van der Waals surface area contributed by atoms with Gasteiger partial charge in [-0.25, -0.2) is 13.4 Å². The first-order valence-electron chi connectivity index (χ1n) is 12.4. The molecule has 0 bridgehead atoms. The van der Waals surface area contributed by atoms with Gasteiger partial charge in [0.1, 0.15) is 0 Å². The Balaban J connectivity index is 1.40. The molecule has 8 nitrogen and oxygen atoms in total. The number of likely N-dealkylation sites (N-methyl/N-ethyl adjacent to an activating group) is 1. The minimum Gasteiger partial charge on any atom is -0.377 e. The fourth-order valence-corrected chi connectivity index (χ4v) is 7.41. The number of fused-ring (bicyclic) bond motifs is 1. The monoisotopic (exact) mass is 563 g/mol. The van der Waals surface area contributed by atoms with Crippen LogP contribution in [-0.4, -0.2) is 69.2 Å². The Hall–Kier alpha value is -2.08. The van der Waals surface area contributed by atoms with Crippen LogP contribution in [0.3, 0.4) is 0 Å². The zero-order valence-corrected chi connectivity index (χ0v) is 23.2. The molecule has 0 aliphatic carbocycles. The second-order valence-electron chi connectivity index (χ2n) is 9.56. The predicted molar refractivity (Wildman–Crippen MR) is 145 cm³/mol. The number of amides is 1. The Bertz CT molecular complexity index is 1380. The van der Waals surface area contributed by atoms with Gasteiger partial charge in [0, 0.05) is 37.4 Å². The van der Waals surface area contributed by atoms with Crippen molar-refractivity contribution in [1.29, 1.82) is 0 Å². The summed E-state index contributed by atoms with van der Waals surface area (Å²) in [6.45, 7) is 3.96. The van der Waals surface area contributed by atoms with E-state index in [2.05, 4.69) is 0 Å². The van der Waals surface area contributed by atoms with Crippen LogP contribution in [0.1, 0.15) is 41.6 Å². The van der Waals surface area contributed by atoms with E-state index >= 15 is 0 Å². The first-order chi connectivity index (χ1) is 17.7. The minimum atomic E-state index is -3.70. The van der Waals surface area contributed by atoms with E-state index in [1.54, 1.807) is 24.1 Å². The van der Waals surface area contributed by atoms with Crippen LogP contribution in [-0.2, 0) is 19.5 Å². The zero-order chi connectivity index (χ0) is 26.2. The summed E-state index contributed by atoms with van der Waals surface area (Å²) in [5.74, 6) is -0.255. The second kappa shape index (κ2) is 11.0. The Labute approximate surface area is 226 Å². The van der Waals surface area contributed by atoms with Gasteiger partial charge in [-0.3, -0.25) is 9.69 Å². The molecule has 2 aliphatic rings. The molecule has 2 fully saturated rings. The predicted octanol–water partition coefficient (Wildman–Crippen LogP) is 4.88. The number of carbonyl (C=O) groups excluding carboxylic acids is 1. The number of hydrogen-bond acceptors (Lipinski definition) is 7. The number of benzene rings is 2. The average molecular weight is 564 g/mol. The van der Waals surface area contributed by atoms with Gasteiger partial charge >= 0.3 is 0 Å². The zero-order valence-electron chi connectivity index (χ0n) is 20.9. The van der Waals surface area contributed by atoms with Crippen molar-refractivity contribution in [3.05, 3.63) is 52.5 Å². The van der Waals surface area contributed by atoms with Gasteiger partial charge in [0.05, 0.1) is 33.9 Å². The van der Waals surface area contributed by atoms with Crippen molar-refractivity contribution in [2.24, 2.45) is 0 Å². The minimum absolute atomic E-state index is 0.0771. The quantitative estimate of drug-likeness (QED) is 0.388. The van der Waals surface area contributed by atoms with Gasteiger partial charge in [-0.1, -0.05) is 22.9 Å². The van der Waals surface area contributed by atoms with Gasteiger partial charge in [0.15, 0.2) is 5.13 Å². The molecule has 11 heteroatoms. The summed E-state index contributed by atoms with van der Waals surface area (Å²) in [6.07, 6.45) is 3.46. The second-order valence-corrected chi connectivity index (χ2v) is 13.1. The van der Waals surface area contributed by atoms with E-state index in [0.717, 1.165) is 41.5 Å². The summed E-state index contributed by atoms with van der Waals surface area (Å²) in [5, 5.41) is 1.19. The number of anilines is 1. The highest BCUT2D eigenvalue weighted by atomic mass is 35.5. The fraction of sp³-hybridized carbons (Fsp3) is 0.462. The van der Waals surface area contributed by atoms with Gasteiger partial charge in [0.2, 0.25) is 10.0 Å². The van der Waals surface area contributed by atoms with E-state index in [1.807, 2.05) is 19.1 Å². The van der Waals surface area contributed by atoms with Crippen molar-refractivity contribution >= 4 is 54.2 Å². The largest absolute Gasteiger partial charge is 0.377 e. The van der Waals surface area contributed by atoms with E-state index in [-0.39, 0.29) is 23.0 Å².